The second-order valence-corrected chi connectivity index (χ2v) is 8.74. The molecule has 0 atom stereocenters. The van der Waals surface area contributed by atoms with E-state index in [1.165, 1.54) is 0 Å². The summed E-state index contributed by atoms with van der Waals surface area (Å²) in [6.45, 7) is 6.23. The molecule has 0 amide bonds. The van der Waals surface area contributed by atoms with Gasteiger partial charge in [-0.05, 0) is 18.4 Å². The molecule has 132 valence electrons. The van der Waals surface area contributed by atoms with Crippen LogP contribution in [0.5, 0.6) is 0 Å². The van der Waals surface area contributed by atoms with Crippen LogP contribution in [0.3, 0.4) is 0 Å². The molecule has 24 heavy (non-hydrogen) atoms. The van der Waals surface area contributed by atoms with Gasteiger partial charge in [0, 0.05) is 18.4 Å². The number of benzene rings is 1. The van der Waals surface area contributed by atoms with Crippen LogP contribution in [0.4, 0.5) is 0 Å². The van der Waals surface area contributed by atoms with Gasteiger partial charge in [-0.1, -0.05) is 56.3 Å². The Labute approximate surface area is 143 Å². The highest BCUT2D eigenvalue weighted by Crippen LogP contribution is 2.19. The second-order valence-electron chi connectivity index (χ2n) is 6.82. The van der Waals surface area contributed by atoms with Gasteiger partial charge in [-0.15, -0.1) is 0 Å². The van der Waals surface area contributed by atoms with Crippen LogP contribution in [-0.4, -0.2) is 30.9 Å². The third kappa shape index (κ3) is 6.05. The molecule has 7 heteroatoms. The summed E-state index contributed by atoms with van der Waals surface area (Å²) in [5.41, 5.74) is 0.941. The molecule has 0 aliphatic rings. The molecule has 0 saturated carbocycles. The highest BCUT2D eigenvalue weighted by atomic mass is 32.2. The van der Waals surface area contributed by atoms with Gasteiger partial charge in [-0.3, -0.25) is 0 Å². The molecule has 0 bridgehead atoms. The predicted molar refractivity (Wildman–Crippen MR) is 93.3 cm³/mol. The molecule has 0 aliphatic carbocycles. The van der Waals surface area contributed by atoms with Gasteiger partial charge in [0.2, 0.25) is 15.9 Å². The molecule has 1 aromatic heterocycles. The van der Waals surface area contributed by atoms with E-state index in [4.69, 9.17) is 4.52 Å². The molecule has 0 radical (unpaired) electrons. The minimum Gasteiger partial charge on any atom is -0.339 e. The van der Waals surface area contributed by atoms with Crippen molar-refractivity contribution in [3.8, 4) is 0 Å². The summed E-state index contributed by atoms with van der Waals surface area (Å²) in [4.78, 5) is 4.29. The van der Waals surface area contributed by atoms with Crippen molar-refractivity contribution in [3.63, 3.8) is 0 Å². The standard InChI is InChI=1S/C17H25N3O3S/c1-17(2,3)16-19-15(20-23-16)11-12-18-24(21,22)13-7-10-14-8-5-4-6-9-14/h4-6,8-9,18H,7,10-13H2,1-3H3. The van der Waals surface area contributed by atoms with E-state index in [0.717, 1.165) is 12.0 Å². The topological polar surface area (TPSA) is 85.1 Å². The fourth-order valence-corrected chi connectivity index (χ4v) is 3.24. The molecular weight excluding hydrogens is 326 g/mol. The van der Waals surface area contributed by atoms with Crippen molar-refractivity contribution in [1.82, 2.24) is 14.9 Å². The Hall–Kier alpha value is -1.73. The first-order valence-corrected chi connectivity index (χ1v) is 9.76. The van der Waals surface area contributed by atoms with Crippen molar-refractivity contribution in [2.45, 2.75) is 45.4 Å². The lowest BCUT2D eigenvalue weighted by molar-refractivity contribution is 0.318. The summed E-state index contributed by atoms with van der Waals surface area (Å²) in [6.07, 6.45) is 1.76. The highest BCUT2D eigenvalue weighted by molar-refractivity contribution is 7.89. The third-order valence-electron chi connectivity index (χ3n) is 3.50. The summed E-state index contributed by atoms with van der Waals surface area (Å²) in [7, 11) is -3.28. The van der Waals surface area contributed by atoms with Gasteiger partial charge in [0.05, 0.1) is 5.75 Å². The van der Waals surface area contributed by atoms with Crippen LogP contribution in [0.25, 0.3) is 0 Å². The maximum Gasteiger partial charge on any atom is 0.232 e. The Morgan fingerprint density at radius 1 is 1.12 bits per heavy atom. The smallest absolute Gasteiger partial charge is 0.232 e. The molecule has 6 nitrogen and oxygen atoms in total. The Morgan fingerprint density at radius 2 is 1.83 bits per heavy atom. The molecule has 1 heterocycles. The number of sulfonamides is 1. The zero-order chi connectivity index (χ0) is 17.6. The van der Waals surface area contributed by atoms with Crippen LogP contribution in [-0.2, 0) is 28.3 Å². The third-order valence-corrected chi connectivity index (χ3v) is 4.97. The number of hydrogen-bond acceptors (Lipinski definition) is 5. The highest BCUT2D eigenvalue weighted by Gasteiger charge is 2.21. The van der Waals surface area contributed by atoms with Crippen LogP contribution < -0.4 is 4.72 Å². The summed E-state index contributed by atoms with van der Waals surface area (Å²) in [5, 5.41) is 3.88. The number of rotatable bonds is 8. The van der Waals surface area contributed by atoms with E-state index in [0.29, 0.717) is 24.6 Å². The molecule has 0 saturated heterocycles. The molecular formula is C17H25N3O3S. The molecule has 0 aliphatic heterocycles. The van der Waals surface area contributed by atoms with Crippen LogP contribution in [0, 0.1) is 0 Å². The van der Waals surface area contributed by atoms with Gasteiger partial charge in [0.15, 0.2) is 5.82 Å². The average Bonchev–Trinajstić information content (AvgIpc) is 2.97. The zero-order valence-corrected chi connectivity index (χ0v) is 15.3. The van der Waals surface area contributed by atoms with E-state index < -0.39 is 10.0 Å². The molecule has 2 aromatic rings. The van der Waals surface area contributed by atoms with Crippen molar-refractivity contribution in [1.29, 1.82) is 0 Å². The predicted octanol–water partition coefficient (Wildman–Crippen LogP) is 2.46. The van der Waals surface area contributed by atoms with Gasteiger partial charge in [-0.2, -0.15) is 4.98 Å². The van der Waals surface area contributed by atoms with Gasteiger partial charge >= 0.3 is 0 Å². The lowest BCUT2D eigenvalue weighted by atomic mass is 9.97. The van der Waals surface area contributed by atoms with Crippen molar-refractivity contribution in [2.24, 2.45) is 0 Å². The largest absolute Gasteiger partial charge is 0.339 e. The summed E-state index contributed by atoms with van der Waals surface area (Å²) < 4.78 is 31.8. The summed E-state index contributed by atoms with van der Waals surface area (Å²) in [5.74, 6) is 1.19. The lowest BCUT2D eigenvalue weighted by Gasteiger charge is -2.10. The van der Waals surface area contributed by atoms with E-state index in [1.807, 2.05) is 51.1 Å². The molecule has 2 rings (SSSR count). The average molecular weight is 351 g/mol. The number of nitrogens with zero attached hydrogens (tertiary/aromatic N) is 2. The molecule has 0 unspecified atom stereocenters. The van der Waals surface area contributed by atoms with Crippen molar-refractivity contribution < 1.29 is 12.9 Å². The van der Waals surface area contributed by atoms with Crippen LogP contribution >= 0.6 is 0 Å². The first-order valence-electron chi connectivity index (χ1n) is 8.10. The maximum absolute atomic E-state index is 12.0. The molecule has 0 fully saturated rings. The van der Waals surface area contributed by atoms with Gasteiger partial charge in [0.25, 0.3) is 0 Å². The fourth-order valence-electron chi connectivity index (χ4n) is 2.16. The Bertz CT molecular complexity index is 734. The van der Waals surface area contributed by atoms with E-state index >= 15 is 0 Å². The second kappa shape index (κ2) is 7.90. The molecule has 1 N–H and O–H groups in total. The normalized spacial score (nSPS) is 12.5. The summed E-state index contributed by atoms with van der Waals surface area (Å²) in [6, 6.07) is 9.87. The minimum atomic E-state index is -3.28. The fraction of sp³-hybridized carbons (Fsp3) is 0.529. The Balaban J connectivity index is 1.73. The van der Waals surface area contributed by atoms with Crippen LogP contribution in [0.1, 0.15) is 44.5 Å². The number of aryl methyl sites for hydroxylation is 1. The van der Waals surface area contributed by atoms with Crippen LogP contribution in [0.2, 0.25) is 0 Å². The monoisotopic (exact) mass is 351 g/mol. The van der Waals surface area contributed by atoms with Crippen molar-refractivity contribution in [2.75, 3.05) is 12.3 Å². The SMILES string of the molecule is CC(C)(C)c1nc(CCNS(=O)(=O)CCCc2ccccc2)no1. The van der Waals surface area contributed by atoms with Gasteiger partial charge in [0.1, 0.15) is 0 Å². The number of nitrogens with one attached hydrogen (secondary N) is 1. The van der Waals surface area contributed by atoms with Crippen LogP contribution in [0.15, 0.2) is 34.9 Å². The minimum absolute atomic E-state index is 0.112. The lowest BCUT2D eigenvalue weighted by Crippen LogP contribution is -2.28. The van der Waals surface area contributed by atoms with Crippen molar-refractivity contribution in [3.05, 3.63) is 47.6 Å². The van der Waals surface area contributed by atoms with Gasteiger partial charge in [-0.25, -0.2) is 13.1 Å². The Kier molecular flexibility index (Phi) is 6.12. The van der Waals surface area contributed by atoms with E-state index in [1.54, 1.807) is 0 Å². The number of hydrogen-bond donors (Lipinski definition) is 1. The first-order chi connectivity index (χ1) is 11.3. The zero-order valence-electron chi connectivity index (χ0n) is 14.4. The molecule has 0 spiro atoms. The number of aromatic nitrogens is 2. The first kappa shape index (κ1) is 18.6. The van der Waals surface area contributed by atoms with E-state index in [9.17, 15) is 8.42 Å². The molecule has 1 aromatic carbocycles. The maximum atomic E-state index is 12.0. The Morgan fingerprint density at radius 3 is 2.46 bits per heavy atom. The quantitative estimate of drug-likeness (QED) is 0.789. The van der Waals surface area contributed by atoms with E-state index in [2.05, 4.69) is 14.9 Å². The van der Waals surface area contributed by atoms with E-state index in [-0.39, 0.29) is 17.7 Å². The summed E-state index contributed by atoms with van der Waals surface area (Å²) >= 11 is 0. The van der Waals surface area contributed by atoms with Crippen molar-refractivity contribution >= 4 is 10.0 Å². The van der Waals surface area contributed by atoms with Gasteiger partial charge < -0.3 is 4.52 Å².